The third-order valence-electron chi connectivity index (χ3n) is 7.99. The van der Waals surface area contributed by atoms with Gasteiger partial charge in [0.1, 0.15) is 5.75 Å². The second-order valence-electron chi connectivity index (χ2n) is 9.24. The van der Waals surface area contributed by atoms with E-state index < -0.39 is 0 Å². The molecule has 5 rings (SSSR count). The molecular formula is C26H29NO3. The van der Waals surface area contributed by atoms with Gasteiger partial charge >= 0.3 is 5.97 Å². The van der Waals surface area contributed by atoms with Crippen LogP contribution in [0.1, 0.15) is 65.6 Å². The first-order chi connectivity index (χ1) is 14.5. The lowest BCUT2D eigenvalue weighted by Gasteiger charge is -2.50. The van der Waals surface area contributed by atoms with Gasteiger partial charge in [0.2, 0.25) is 0 Å². The van der Waals surface area contributed by atoms with Crippen LogP contribution in [-0.2, 0) is 11.2 Å². The van der Waals surface area contributed by atoms with Crippen LogP contribution in [0.25, 0.3) is 5.57 Å². The van der Waals surface area contributed by atoms with E-state index in [9.17, 15) is 4.79 Å². The quantitative estimate of drug-likeness (QED) is 0.642. The highest BCUT2D eigenvalue weighted by Crippen LogP contribution is 2.63. The number of carbonyl (C=O) groups excluding carboxylic acids is 1. The van der Waals surface area contributed by atoms with E-state index in [0.29, 0.717) is 23.3 Å². The summed E-state index contributed by atoms with van der Waals surface area (Å²) in [6.07, 6.45) is 12.0. The van der Waals surface area contributed by atoms with Gasteiger partial charge < -0.3 is 9.47 Å². The number of hydrogen-bond donors (Lipinski definition) is 0. The topological polar surface area (TPSA) is 48.4 Å². The predicted molar refractivity (Wildman–Crippen MR) is 117 cm³/mol. The molecule has 0 unspecified atom stereocenters. The largest absolute Gasteiger partial charge is 0.495 e. The molecule has 156 valence electrons. The van der Waals surface area contributed by atoms with Gasteiger partial charge in [-0.05, 0) is 95.7 Å². The van der Waals surface area contributed by atoms with E-state index in [4.69, 9.17) is 9.47 Å². The number of aryl methyl sites for hydroxylation is 1. The molecule has 30 heavy (non-hydrogen) atoms. The van der Waals surface area contributed by atoms with Crippen LogP contribution in [0.2, 0.25) is 0 Å². The van der Waals surface area contributed by atoms with Crippen molar-refractivity contribution < 1.29 is 14.3 Å². The minimum Gasteiger partial charge on any atom is -0.495 e. The van der Waals surface area contributed by atoms with Crippen LogP contribution in [0.4, 0.5) is 0 Å². The highest BCUT2D eigenvalue weighted by atomic mass is 16.5. The number of benzene rings is 1. The molecule has 0 N–H and O–H groups in total. The molecule has 4 atom stereocenters. The van der Waals surface area contributed by atoms with Crippen molar-refractivity contribution in [2.24, 2.45) is 17.3 Å². The number of pyridine rings is 1. The molecule has 0 amide bonds. The molecule has 0 saturated heterocycles. The Hall–Kier alpha value is -2.62. The first kappa shape index (κ1) is 19.3. The zero-order chi connectivity index (χ0) is 20.9. The third-order valence-corrected chi connectivity index (χ3v) is 7.99. The number of ether oxygens (including phenoxy) is 2. The molecule has 1 aromatic heterocycles. The predicted octanol–water partition coefficient (Wildman–Crippen LogP) is 5.43. The summed E-state index contributed by atoms with van der Waals surface area (Å²) in [4.78, 5) is 16.4. The maximum Gasteiger partial charge on any atom is 0.337 e. The van der Waals surface area contributed by atoms with E-state index in [1.165, 1.54) is 48.6 Å². The molecule has 0 radical (unpaired) electrons. The van der Waals surface area contributed by atoms with Crippen molar-refractivity contribution in [3.63, 3.8) is 0 Å². The van der Waals surface area contributed by atoms with Crippen molar-refractivity contribution >= 4 is 11.5 Å². The number of carbonyl (C=O) groups is 1. The molecule has 1 fully saturated rings. The number of rotatable bonds is 3. The van der Waals surface area contributed by atoms with Gasteiger partial charge in [-0.15, -0.1) is 0 Å². The summed E-state index contributed by atoms with van der Waals surface area (Å²) in [5, 5.41) is 0. The summed E-state index contributed by atoms with van der Waals surface area (Å²) in [5.41, 5.74) is 6.31. The second kappa shape index (κ2) is 7.26. The van der Waals surface area contributed by atoms with Crippen LogP contribution < -0.4 is 4.74 Å². The molecule has 0 aliphatic heterocycles. The van der Waals surface area contributed by atoms with E-state index in [-0.39, 0.29) is 11.4 Å². The summed E-state index contributed by atoms with van der Waals surface area (Å²) >= 11 is 0. The fourth-order valence-electron chi connectivity index (χ4n) is 6.52. The lowest BCUT2D eigenvalue weighted by atomic mass is 9.54. The molecule has 2 aromatic rings. The minimum absolute atomic E-state index is 0.193. The third kappa shape index (κ3) is 2.88. The summed E-state index contributed by atoms with van der Waals surface area (Å²) in [5.74, 6) is 2.52. The molecule has 3 aliphatic carbocycles. The number of allylic oxidation sites excluding steroid dienone is 2. The van der Waals surface area contributed by atoms with Gasteiger partial charge in [0.25, 0.3) is 0 Å². The Morgan fingerprint density at radius 1 is 1.17 bits per heavy atom. The van der Waals surface area contributed by atoms with Crippen molar-refractivity contribution in [2.45, 2.75) is 44.9 Å². The molecule has 1 heterocycles. The molecule has 4 heteroatoms. The highest BCUT2D eigenvalue weighted by Gasteiger charge is 2.52. The number of aromatic nitrogens is 1. The summed E-state index contributed by atoms with van der Waals surface area (Å²) in [7, 11) is 3.15. The smallest absolute Gasteiger partial charge is 0.337 e. The number of fused-ring (bicyclic) bond motifs is 5. The Kier molecular flexibility index (Phi) is 4.68. The van der Waals surface area contributed by atoms with Gasteiger partial charge in [-0.2, -0.15) is 0 Å². The van der Waals surface area contributed by atoms with Crippen LogP contribution in [0.15, 0.2) is 42.7 Å². The summed E-state index contributed by atoms with van der Waals surface area (Å²) in [6, 6.07) is 8.33. The van der Waals surface area contributed by atoms with Gasteiger partial charge in [0, 0.05) is 6.20 Å². The number of methoxy groups -OCH3 is 2. The van der Waals surface area contributed by atoms with Gasteiger partial charge in [-0.25, -0.2) is 4.79 Å². The molecule has 1 saturated carbocycles. The maximum absolute atomic E-state index is 11.9. The number of hydrogen-bond acceptors (Lipinski definition) is 4. The van der Waals surface area contributed by atoms with Gasteiger partial charge in [0.05, 0.1) is 26.0 Å². The van der Waals surface area contributed by atoms with E-state index in [2.05, 4.69) is 36.2 Å². The highest BCUT2D eigenvalue weighted by molar-refractivity contribution is 5.89. The van der Waals surface area contributed by atoms with E-state index in [1.54, 1.807) is 13.3 Å². The van der Waals surface area contributed by atoms with Crippen LogP contribution in [-0.4, -0.2) is 25.2 Å². The lowest BCUT2D eigenvalue weighted by molar-refractivity contribution is 0.0600. The Bertz CT molecular complexity index is 1030. The minimum atomic E-state index is -0.243. The van der Waals surface area contributed by atoms with Crippen LogP contribution >= 0.6 is 0 Å². The van der Waals surface area contributed by atoms with Crippen LogP contribution in [0.5, 0.6) is 5.75 Å². The Morgan fingerprint density at radius 3 is 2.83 bits per heavy atom. The van der Waals surface area contributed by atoms with Gasteiger partial charge in [0.15, 0.2) is 0 Å². The van der Waals surface area contributed by atoms with Gasteiger partial charge in [-0.1, -0.05) is 19.1 Å². The molecule has 0 spiro atoms. The van der Waals surface area contributed by atoms with Crippen molar-refractivity contribution in [3.8, 4) is 5.75 Å². The van der Waals surface area contributed by atoms with Crippen LogP contribution in [0, 0.1) is 17.3 Å². The standard InChI is InChI=1S/C26H29NO3/c1-26-11-10-21-20-6-5-17(25(28)30-3)12-16(20)4-7-22(21)24(26)9-8-23(26)18-13-19(29-2)15-27-14-18/h5-6,8,12-15,21-22,24H,4,7,9-11H2,1-3H3/t21-,22-,24+,26-/m1/s1. The average molecular weight is 404 g/mol. The van der Waals surface area contributed by atoms with E-state index >= 15 is 0 Å². The number of nitrogens with zero attached hydrogens (tertiary/aromatic N) is 1. The zero-order valence-electron chi connectivity index (χ0n) is 18.0. The van der Waals surface area contributed by atoms with Crippen molar-refractivity contribution in [2.75, 3.05) is 14.2 Å². The first-order valence-electron chi connectivity index (χ1n) is 11.0. The van der Waals surface area contributed by atoms with Crippen molar-refractivity contribution in [3.05, 3.63) is 65.0 Å². The SMILES string of the molecule is COC(=O)c1ccc2c(c1)CC[C@@H]1[C@@H]2CC[C@]2(C)C(c3cncc(OC)c3)=CC[C@@H]12. The maximum atomic E-state index is 11.9. The Balaban J connectivity index is 1.44. The zero-order valence-corrected chi connectivity index (χ0v) is 18.0. The van der Waals surface area contributed by atoms with Crippen molar-refractivity contribution in [1.29, 1.82) is 0 Å². The molecular weight excluding hydrogens is 374 g/mol. The fraction of sp³-hybridized carbons (Fsp3) is 0.462. The lowest BCUT2D eigenvalue weighted by Crippen LogP contribution is -2.41. The first-order valence-corrected chi connectivity index (χ1v) is 11.0. The number of esters is 1. The molecule has 0 bridgehead atoms. The van der Waals surface area contributed by atoms with Crippen molar-refractivity contribution in [1.82, 2.24) is 4.98 Å². The Morgan fingerprint density at radius 2 is 2.03 bits per heavy atom. The second-order valence-corrected chi connectivity index (χ2v) is 9.24. The summed E-state index contributed by atoms with van der Waals surface area (Å²) < 4.78 is 10.3. The summed E-state index contributed by atoms with van der Waals surface area (Å²) in [6.45, 7) is 2.46. The molecule has 4 nitrogen and oxygen atoms in total. The fourth-order valence-corrected chi connectivity index (χ4v) is 6.52. The Labute approximate surface area is 178 Å². The van der Waals surface area contributed by atoms with Gasteiger partial charge in [-0.3, -0.25) is 4.98 Å². The van der Waals surface area contributed by atoms with E-state index in [0.717, 1.165) is 18.6 Å². The molecule has 3 aliphatic rings. The molecule has 1 aromatic carbocycles. The monoisotopic (exact) mass is 403 g/mol. The van der Waals surface area contributed by atoms with Crippen LogP contribution in [0.3, 0.4) is 0 Å². The average Bonchev–Trinajstić information content (AvgIpc) is 3.15. The normalized spacial score (nSPS) is 29.3. The van der Waals surface area contributed by atoms with E-state index in [1.807, 2.05) is 12.3 Å².